The highest BCUT2D eigenvalue weighted by atomic mass is 16.3. The number of aryl methyl sites for hydroxylation is 2. The maximum atomic E-state index is 12.9. The van der Waals surface area contributed by atoms with Gasteiger partial charge in [0.25, 0.3) is 5.56 Å². The molecular weight excluding hydrogens is 422 g/mol. The van der Waals surface area contributed by atoms with Crippen molar-refractivity contribution in [1.82, 2.24) is 24.9 Å². The van der Waals surface area contributed by atoms with Crippen LogP contribution in [0.3, 0.4) is 0 Å². The Hall–Kier alpha value is -4.73. The van der Waals surface area contributed by atoms with E-state index in [9.17, 15) is 4.79 Å². The maximum Gasteiger partial charge on any atom is 0.258 e. The molecule has 5 rings (SSSR count). The fourth-order valence-electron chi connectivity index (χ4n) is 3.54. The smallest absolute Gasteiger partial charge is 0.258 e. The first kappa shape index (κ1) is 20.2. The quantitative estimate of drug-likeness (QED) is 0.378. The number of furan rings is 2. The molecule has 0 saturated heterocycles. The van der Waals surface area contributed by atoms with Gasteiger partial charge < -0.3 is 25.3 Å². The normalized spacial score (nSPS) is 11.1. The topological polar surface area (TPSA) is 163 Å². The van der Waals surface area contributed by atoms with Gasteiger partial charge in [-0.05, 0) is 56.3 Å². The molecule has 0 unspecified atom stereocenters. The van der Waals surface area contributed by atoms with E-state index in [0.29, 0.717) is 39.9 Å². The molecule has 0 aliphatic carbocycles. The van der Waals surface area contributed by atoms with Crippen LogP contribution in [0.5, 0.6) is 0 Å². The lowest BCUT2D eigenvalue weighted by Gasteiger charge is -2.10. The second-order valence-electron chi connectivity index (χ2n) is 7.41. The average molecular weight is 441 g/mol. The van der Waals surface area contributed by atoms with Crippen LogP contribution in [-0.4, -0.2) is 24.9 Å². The van der Waals surface area contributed by atoms with E-state index in [1.165, 1.54) is 6.20 Å². The lowest BCUT2D eigenvalue weighted by Crippen LogP contribution is -2.12. The molecule has 0 spiro atoms. The first-order valence-corrected chi connectivity index (χ1v) is 10.0. The Kier molecular flexibility index (Phi) is 4.74. The van der Waals surface area contributed by atoms with Crippen molar-refractivity contribution < 1.29 is 8.83 Å². The van der Waals surface area contributed by atoms with Gasteiger partial charge in [-0.1, -0.05) is 0 Å². The molecule has 10 heteroatoms. The zero-order valence-electron chi connectivity index (χ0n) is 17.8. The van der Waals surface area contributed by atoms with Crippen LogP contribution in [0.25, 0.3) is 45.4 Å². The Labute approximate surface area is 187 Å². The molecule has 5 heterocycles. The molecule has 0 radical (unpaired) electrons. The molecule has 10 nitrogen and oxygen atoms in total. The van der Waals surface area contributed by atoms with Crippen LogP contribution in [0.1, 0.15) is 11.5 Å². The Morgan fingerprint density at radius 2 is 1.24 bits per heavy atom. The van der Waals surface area contributed by atoms with E-state index in [1.54, 1.807) is 30.3 Å². The van der Waals surface area contributed by atoms with Gasteiger partial charge in [0.1, 0.15) is 22.9 Å². The number of nitrogen functional groups attached to an aromatic ring is 2. The summed E-state index contributed by atoms with van der Waals surface area (Å²) in [6.45, 7) is 3.66. The summed E-state index contributed by atoms with van der Waals surface area (Å²) in [6, 6.07) is 12.3. The number of nitrogens with zero attached hydrogens (tertiary/aromatic N) is 4. The summed E-state index contributed by atoms with van der Waals surface area (Å²) in [5.41, 5.74) is 14.0. The van der Waals surface area contributed by atoms with Gasteiger partial charge in [0.2, 0.25) is 11.9 Å². The largest absolute Gasteiger partial charge is 0.460 e. The van der Waals surface area contributed by atoms with E-state index in [2.05, 4.69) is 24.9 Å². The van der Waals surface area contributed by atoms with Gasteiger partial charge in [-0.2, -0.15) is 0 Å². The van der Waals surface area contributed by atoms with Crippen molar-refractivity contribution in [3.63, 3.8) is 0 Å². The van der Waals surface area contributed by atoms with Crippen LogP contribution in [0.2, 0.25) is 0 Å². The van der Waals surface area contributed by atoms with Gasteiger partial charge in [0.05, 0.1) is 17.0 Å². The van der Waals surface area contributed by atoms with Gasteiger partial charge in [0, 0.05) is 11.8 Å². The number of hydrogen-bond acceptors (Lipinski definition) is 9. The predicted molar refractivity (Wildman–Crippen MR) is 123 cm³/mol. The highest BCUT2D eigenvalue weighted by molar-refractivity contribution is 5.82. The Balaban J connectivity index is 1.70. The molecule has 0 aromatic carbocycles. The molecule has 33 heavy (non-hydrogen) atoms. The molecule has 0 saturated carbocycles. The van der Waals surface area contributed by atoms with E-state index in [0.717, 1.165) is 11.5 Å². The molecular formula is C23H19N7O3. The van der Waals surface area contributed by atoms with Gasteiger partial charge >= 0.3 is 0 Å². The molecule has 164 valence electrons. The second kappa shape index (κ2) is 7.75. The van der Waals surface area contributed by atoms with Gasteiger partial charge in [-0.3, -0.25) is 4.79 Å². The monoisotopic (exact) mass is 441 g/mol. The van der Waals surface area contributed by atoms with Crippen molar-refractivity contribution in [1.29, 1.82) is 0 Å². The summed E-state index contributed by atoms with van der Waals surface area (Å²) < 4.78 is 11.3. The SMILES string of the molecule is Cc1ccc(-c2cc(-c3cc[nH]c(=O)c3-c3cc(-c4ccc(C)o4)nc(N)n3)nc(N)n2)o1. The second-order valence-corrected chi connectivity index (χ2v) is 7.41. The van der Waals surface area contributed by atoms with Gasteiger partial charge in [0.15, 0.2) is 11.5 Å². The predicted octanol–water partition coefficient (Wildman–Crippen LogP) is 3.59. The average Bonchev–Trinajstić information content (AvgIpc) is 3.41. The number of nitrogens with one attached hydrogen (secondary N) is 1. The Morgan fingerprint density at radius 1 is 0.727 bits per heavy atom. The van der Waals surface area contributed by atoms with E-state index in [4.69, 9.17) is 20.3 Å². The molecule has 0 aliphatic heterocycles. The van der Waals surface area contributed by atoms with Crippen LogP contribution in [0, 0.1) is 13.8 Å². The van der Waals surface area contributed by atoms with E-state index < -0.39 is 0 Å². The third-order valence-electron chi connectivity index (χ3n) is 4.97. The lowest BCUT2D eigenvalue weighted by atomic mass is 10.0. The maximum absolute atomic E-state index is 12.9. The van der Waals surface area contributed by atoms with E-state index in [-0.39, 0.29) is 23.0 Å². The fourth-order valence-corrected chi connectivity index (χ4v) is 3.54. The first-order valence-electron chi connectivity index (χ1n) is 10.0. The fraction of sp³-hybridized carbons (Fsp3) is 0.0870. The Bertz CT molecular complexity index is 1550. The van der Waals surface area contributed by atoms with Crippen LogP contribution in [0.15, 0.2) is 62.3 Å². The third-order valence-corrected chi connectivity index (χ3v) is 4.97. The number of hydrogen-bond donors (Lipinski definition) is 3. The molecule has 0 aliphatic rings. The van der Waals surface area contributed by atoms with Crippen LogP contribution < -0.4 is 17.0 Å². The number of rotatable bonds is 4. The summed E-state index contributed by atoms with van der Waals surface area (Å²) >= 11 is 0. The minimum absolute atomic E-state index is 0.000271. The number of aromatic amines is 1. The van der Waals surface area contributed by atoms with Crippen LogP contribution in [0.4, 0.5) is 11.9 Å². The number of anilines is 2. The van der Waals surface area contributed by atoms with Crippen LogP contribution in [-0.2, 0) is 0 Å². The van der Waals surface area contributed by atoms with Crippen LogP contribution >= 0.6 is 0 Å². The highest BCUT2D eigenvalue weighted by Crippen LogP contribution is 2.32. The van der Waals surface area contributed by atoms with E-state index >= 15 is 0 Å². The summed E-state index contributed by atoms with van der Waals surface area (Å²) in [4.78, 5) is 32.8. The molecule has 0 atom stereocenters. The summed E-state index contributed by atoms with van der Waals surface area (Å²) in [5.74, 6) is 2.54. The minimum atomic E-state index is -0.375. The van der Waals surface area contributed by atoms with Crippen molar-refractivity contribution in [2.45, 2.75) is 13.8 Å². The highest BCUT2D eigenvalue weighted by Gasteiger charge is 2.19. The van der Waals surface area contributed by atoms with Crippen molar-refractivity contribution in [3.05, 3.63) is 70.5 Å². The number of nitrogens with two attached hydrogens (primary N) is 2. The van der Waals surface area contributed by atoms with Crippen molar-refractivity contribution in [2.75, 3.05) is 11.5 Å². The van der Waals surface area contributed by atoms with Crippen molar-refractivity contribution in [2.24, 2.45) is 0 Å². The standard InChI is InChI=1S/C23H19N7O3/c1-11-3-5-18(32-11)15-9-14(27-22(24)28-15)13-7-8-26-21(31)20(13)17-10-16(29-23(25)30-17)19-6-4-12(2)33-19/h3-10H,1-2H3,(H,26,31)(H2,24,27,28)(H2,25,29,30). The molecule has 5 N–H and O–H groups in total. The summed E-state index contributed by atoms with van der Waals surface area (Å²) in [7, 11) is 0. The molecule has 5 aromatic heterocycles. The number of pyridine rings is 1. The van der Waals surface area contributed by atoms with Crippen molar-refractivity contribution in [3.8, 4) is 45.4 Å². The van der Waals surface area contributed by atoms with Gasteiger partial charge in [-0.25, -0.2) is 19.9 Å². The lowest BCUT2D eigenvalue weighted by molar-refractivity contribution is 0.546. The summed E-state index contributed by atoms with van der Waals surface area (Å²) in [5, 5.41) is 0. The van der Waals surface area contributed by atoms with Gasteiger partial charge in [-0.15, -0.1) is 0 Å². The summed E-state index contributed by atoms with van der Waals surface area (Å²) in [6.07, 6.45) is 1.53. The van der Waals surface area contributed by atoms with Crippen molar-refractivity contribution >= 4 is 11.9 Å². The minimum Gasteiger partial charge on any atom is -0.460 e. The molecule has 0 fully saturated rings. The van der Waals surface area contributed by atoms with E-state index in [1.807, 2.05) is 26.0 Å². The number of H-pyrrole nitrogens is 1. The third kappa shape index (κ3) is 3.85. The zero-order chi connectivity index (χ0) is 23.1. The Morgan fingerprint density at radius 3 is 1.79 bits per heavy atom. The molecule has 0 bridgehead atoms. The zero-order valence-corrected chi connectivity index (χ0v) is 17.8. The molecule has 0 amide bonds. The molecule has 5 aromatic rings. The number of aromatic nitrogens is 5. The first-order chi connectivity index (χ1) is 15.9.